The van der Waals surface area contributed by atoms with Gasteiger partial charge in [0.15, 0.2) is 0 Å². The number of carbonyl (C=O) groups is 1. The molecule has 2 fully saturated rings. The summed E-state index contributed by atoms with van der Waals surface area (Å²) < 4.78 is 10.8. The van der Waals surface area contributed by atoms with Crippen molar-refractivity contribution in [2.75, 3.05) is 44.9 Å². The minimum absolute atomic E-state index is 0.118. The zero-order chi connectivity index (χ0) is 20.8. The van der Waals surface area contributed by atoms with Crippen molar-refractivity contribution in [1.82, 2.24) is 15.3 Å². The van der Waals surface area contributed by atoms with E-state index in [0.29, 0.717) is 38.5 Å². The average molecular weight is 411 g/mol. The smallest absolute Gasteiger partial charge is 0.230 e. The Labute approximate surface area is 177 Å². The third-order valence-corrected chi connectivity index (χ3v) is 6.46. The van der Waals surface area contributed by atoms with Crippen LogP contribution >= 0.6 is 0 Å². The van der Waals surface area contributed by atoms with Gasteiger partial charge in [-0.1, -0.05) is 12.1 Å². The lowest BCUT2D eigenvalue weighted by Crippen LogP contribution is -2.49. The highest BCUT2D eigenvalue weighted by Gasteiger charge is 2.41. The van der Waals surface area contributed by atoms with E-state index < -0.39 is 5.41 Å². The average Bonchev–Trinajstić information content (AvgIpc) is 2.84. The van der Waals surface area contributed by atoms with Crippen LogP contribution in [0.15, 0.2) is 42.9 Å². The van der Waals surface area contributed by atoms with Gasteiger partial charge in [-0.25, -0.2) is 4.98 Å². The van der Waals surface area contributed by atoms with E-state index in [0.717, 1.165) is 43.1 Å². The van der Waals surface area contributed by atoms with Crippen LogP contribution in [0.4, 0.5) is 5.82 Å². The maximum atomic E-state index is 13.4. The van der Waals surface area contributed by atoms with Crippen molar-refractivity contribution in [3.8, 4) is 5.75 Å². The van der Waals surface area contributed by atoms with Gasteiger partial charge in [0, 0.05) is 45.2 Å². The first-order chi connectivity index (χ1) is 14.7. The number of hydrogen-bond donors (Lipinski definition) is 1. The molecule has 0 bridgehead atoms. The number of nitrogens with zero attached hydrogens (tertiary/aromatic N) is 3. The summed E-state index contributed by atoms with van der Waals surface area (Å²) in [5.74, 6) is 2.33. The Kier molecular flexibility index (Phi) is 6.47. The van der Waals surface area contributed by atoms with Crippen molar-refractivity contribution in [2.24, 2.45) is 5.92 Å². The number of amides is 1. The zero-order valence-electron chi connectivity index (χ0n) is 17.5. The van der Waals surface area contributed by atoms with Gasteiger partial charge < -0.3 is 19.7 Å². The highest BCUT2D eigenvalue weighted by Crippen LogP contribution is 2.36. The molecule has 7 heteroatoms. The highest BCUT2D eigenvalue weighted by molar-refractivity contribution is 5.88. The Morgan fingerprint density at radius 3 is 2.57 bits per heavy atom. The van der Waals surface area contributed by atoms with Crippen molar-refractivity contribution in [2.45, 2.75) is 31.1 Å². The van der Waals surface area contributed by atoms with Gasteiger partial charge in [0.1, 0.15) is 11.6 Å². The van der Waals surface area contributed by atoms with Crippen molar-refractivity contribution < 1.29 is 14.3 Å². The molecule has 1 aromatic carbocycles. The number of nitrogens with one attached hydrogen (secondary N) is 1. The quantitative estimate of drug-likeness (QED) is 0.789. The van der Waals surface area contributed by atoms with E-state index in [1.165, 1.54) is 0 Å². The minimum Gasteiger partial charge on any atom is -0.497 e. The van der Waals surface area contributed by atoms with Gasteiger partial charge in [0.25, 0.3) is 0 Å². The molecule has 7 nitrogen and oxygen atoms in total. The van der Waals surface area contributed by atoms with Gasteiger partial charge in [0.05, 0.1) is 18.7 Å². The van der Waals surface area contributed by atoms with Crippen LogP contribution in [0.5, 0.6) is 5.75 Å². The normalized spacial score (nSPS) is 19.3. The Hall–Kier alpha value is -2.67. The summed E-state index contributed by atoms with van der Waals surface area (Å²) in [6.07, 6.45) is 8.72. The fourth-order valence-electron chi connectivity index (χ4n) is 4.50. The molecule has 160 valence electrons. The van der Waals surface area contributed by atoms with Gasteiger partial charge in [-0.15, -0.1) is 0 Å². The van der Waals surface area contributed by atoms with Crippen molar-refractivity contribution >= 4 is 11.7 Å². The van der Waals surface area contributed by atoms with Gasteiger partial charge in [-0.05, 0) is 49.3 Å². The van der Waals surface area contributed by atoms with Crippen LogP contribution < -0.4 is 15.0 Å². The van der Waals surface area contributed by atoms with Crippen LogP contribution in [0.2, 0.25) is 0 Å². The molecule has 2 aliphatic heterocycles. The first-order valence-corrected chi connectivity index (χ1v) is 10.7. The summed E-state index contributed by atoms with van der Waals surface area (Å²) >= 11 is 0. The van der Waals surface area contributed by atoms with Crippen LogP contribution in [0, 0.1) is 5.92 Å². The molecule has 1 amide bonds. The third kappa shape index (κ3) is 4.41. The summed E-state index contributed by atoms with van der Waals surface area (Å²) in [6.45, 7) is 3.81. The molecule has 3 heterocycles. The second-order valence-electron chi connectivity index (χ2n) is 8.13. The molecule has 2 aliphatic rings. The van der Waals surface area contributed by atoms with E-state index in [2.05, 4.69) is 20.2 Å². The van der Waals surface area contributed by atoms with E-state index in [1.54, 1.807) is 19.5 Å². The van der Waals surface area contributed by atoms with E-state index in [1.807, 2.05) is 30.5 Å². The number of ether oxygens (including phenoxy) is 2. The standard InChI is InChI=1S/C23H30N4O3/c1-29-20-4-2-19(3-5-20)23(8-14-30-15-9-23)22(28)26-16-18-6-12-27(13-7-18)21-17-24-10-11-25-21/h2-5,10-11,17-18H,6-9,12-16H2,1H3,(H,26,28). The highest BCUT2D eigenvalue weighted by atomic mass is 16.5. The Morgan fingerprint density at radius 2 is 1.93 bits per heavy atom. The van der Waals surface area contributed by atoms with E-state index in [4.69, 9.17) is 9.47 Å². The lowest BCUT2D eigenvalue weighted by atomic mass is 9.73. The lowest BCUT2D eigenvalue weighted by molar-refractivity contribution is -0.130. The van der Waals surface area contributed by atoms with Gasteiger partial charge in [0.2, 0.25) is 5.91 Å². The maximum Gasteiger partial charge on any atom is 0.230 e. The fraction of sp³-hybridized carbons (Fsp3) is 0.522. The van der Waals surface area contributed by atoms with E-state index in [9.17, 15) is 4.79 Å². The van der Waals surface area contributed by atoms with Crippen LogP contribution in [-0.2, 0) is 14.9 Å². The number of hydrogen-bond acceptors (Lipinski definition) is 6. The maximum absolute atomic E-state index is 13.4. The van der Waals surface area contributed by atoms with Crippen molar-refractivity contribution in [1.29, 1.82) is 0 Å². The van der Waals surface area contributed by atoms with Gasteiger partial charge >= 0.3 is 0 Å². The molecule has 1 aromatic heterocycles. The predicted octanol–water partition coefficient (Wildman–Crippen LogP) is 2.57. The predicted molar refractivity (Wildman–Crippen MR) is 115 cm³/mol. The zero-order valence-corrected chi connectivity index (χ0v) is 17.5. The molecule has 2 aromatic rings. The number of benzene rings is 1. The van der Waals surface area contributed by atoms with Gasteiger partial charge in [-0.3, -0.25) is 9.78 Å². The van der Waals surface area contributed by atoms with Crippen LogP contribution in [-0.4, -0.2) is 55.8 Å². The first-order valence-electron chi connectivity index (χ1n) is 10.7. The summed E-state index contributed by atoms with van der Waals surface area (Å²) in [6, 6.07) is 7.90. The second-order valence-corrected chi connectivity index (χ2v) is 8.13. The third-order valence-electron chi connectivity index (χ3n) is 6.46. The second kappa shape index (κ2) is 9.43. The summed E-state index contributed by atoms with van der Waals surface area (Å²) in [5, 5.41) is 3.27. The molecule has 0 radical (unpaired) electrons. The number of piperidine rings is 1. The largest absolute Gasteiger partial charge is 0.497 e. The molecule has 30 heavy (non-hydrogen) atoms. The number of rotatable bonds is 6. The lowest BCUT2D eigenvalue weighted by Gasteiger charge is -2.37. The minimum atomic E-state index is -0.523. The molecular weight excluding hydrogens is 380 g/mol. The van der Waals surface area contributed by atoms with Crippen LogP contribution in [0.3, 0.4) is 0 Å². The van der Waals surface area contributed by atoms with Gasteiger partial charge in [-0.2, -0.15) is 0 Å². The molecule has 4 rings (SSSR count). The molecule has 0 unspecified atom stereocenters. The molecule has 0 aliphatic carbocycles. The van der Waals surface area contributed by atoms with E-state index >= 15 is 0 Å². The topological polar surface area (TPSA) is 76.6 Å². The summed E-state index contributed by atoms with van der Waals surface area (Å²) in [5.41, 5.74) is 0.520. The Balaban J connectivity index is 1.36. The SMILES string of the molecule is COc1ccc(C2(C(=O)NCC3CCN(c4cnccn4)CC3)CCOCC2)cc1. The molecule has 1 N–H and O–H groups in total. The summed E-state index contributed by atoms with van der Waals surface area (Å²) in [7, 11) is 1.65. The van der Waals surface area contributed by atoms with Crippen molar-refractivity contribution in [3.63, 3.8) is 0 Å². The molecule has 0 atom stereocenters. The monoisotopic (exact) mass is 410 g/mol. The number of anilines is 1. The van der Waals surface area contributed by atoms with Crippen molar-refractivity contribution in [3.05, 3.63) is 48.4 Å². The number of methoxy groups -OCH3 is 1. The van der Waals surface area contributed by atoms with Crippen LogP contribution in [0.25, 0.3) is 0 Å². The molecular formula is C23H30N4O3. The molecule has 2 saturated heterocycles. The number of carbonyl (C=O) groups excluding carboxylic acids is 1. The van der Waals surface area contributed by atoms with E-state index in [-0.39, 0.29) is 5.91 Å². The first kappa shape index (κ1) is 20.6. The Bertz CT molecular complexity index is 814. The fourth-order valence-corrected chi connectivity index (χ4v) is 4.50. The van der Waals surface area contributed by atoms with Crippen LogP contribution in [0.1, 0.15) is 31.2 Å². The number of aromatic nitrogens is 2. The molecule has 0 spiro atoms. The Morgan fingerprint density at radius 1 is 1.20 bits per heavy atom. The molecule has 0 saturated carbocycles. The summed E-state index contributed by atoms with van der Waals surface area (Å²) in [4.78, 5) is 24.2.